The summed E-state index contributed by atoms with van der Waals surface area (Å²) in [5, 5.41) is 9.16. The topological polar surface area (TPSA) is 96.5 Å². The maximum atomic E-state index is 12.4. The van der Waals surface area contributed by atoms with Crippen LogP contribution in [0.3, 0.4) is 0 Å². The van der Waals surface area contributed by atoms with Gasteiger partial charge in [-0.15, -0.1) is 0 Å². The Hall–Kier alpha value is -0.700. The average molecular weight is 291 g/mol. The van der Waals surface area contributed by atoms with Gasteiger partial charge < -0.3 is 10.8 Å². The fraction of sp³-hybridized carbons (Fsp3) is 0.700. The van der Waals surface area contributed by atoms with Crippen LogP contribution in [0.2, 0.25) is 0 Å². The second-order valence-corrected chi connectivity index (χ2v) is 7.62. The maximum Gasteiger partial charge on any atom is 0.254 e. The SMILES string of the molecule is Cc1nc(N)sc1S(=O)(=O)N1CCC(CCO)C1. The molecule has 0 spiro atoms. The van der Waals surface area contributed by atoms with Crippen LogP contribution in [-0.2, 0) is 10.0 Å². The van der Waals surface area contributed by atoms with Gasteiger partial charge in [-0.1, -0.05) is 11.3 Å². The standard InChI is InChI=1S/C10H17N3O3S2/c1-7-9(17-10(11)12-7)18(15,16)13-4-2-8(6-13)3-5-14/h8,14H,2-6H2,1H3,(H2,11,12). The van der Waals surface area contributed by atoms with Gasteiger partial charge in [0.1, 0.15) is 0 Å². The van der Waals surface area contributed by atoms with E-state index in [0.29, 0.717) is 25.2 Å². The molecule has 1 saturated heterocycles. The summed E-state index contributed by atoms with van der Waals surface area (Å²) in [6, 6.07) is 0. The van der Waals surface area contributed by atoms with Crippen molar-refractivity contribution in [1.82, 2.24) is 9.29 Å². The van der Waals surface area contributed by atoms with Crippen molar-refractivity contribution in [2.24, 2.45) is 5.92 Å². The van der Waals surface area contributed by atoms with Crippen molar-refractivity contribution in [3.63, 3.8) is 0 Å². The Kier molecular flexibility index (Phi) is 3.90. The quantitative estimate of drug-likeness (QED) is 0.838. The third-order valence-corrected chi connectivity index (χ3v) is 6.57. The summed E-state index contributed by atoms with van der Waals surface area (Å²) in [7, 11) is -3.47. The van der Waals surface area contributed by atoms with Gasteiger partial charge in [-0.2, -0.15) is 4.31 Å². The number of nitrogen functional groups attached to an aromatic ring is 1. The van der Waals surface area contributed by atoms with Crippen molar-refractivity contribution in [2.45, 2.75) is 24.0 Å². The number of thiazole rings is 1. The highest BCUT2D eigenvalue weighted by Crippen LogP contribution is 2.31. The van der Waals surface area contributed by atoms with Crippen molar-refractivity contribution in [1.29, 1.82) is 0 Å². The molecule has 6 nitrogen and oxygen atoms in total. The van der Waals surface area contributed by atoms with Crippen molar-refractivity contribution >= 4 is 26.5 Å². The van der Waals surface area contributed by atoms with Gasteiger partial charge in [-0.05, 0) is 25.7 Å². The minimum atomic E-state index is -3.47. The second-order valence-electron chi connectivity index (χ2n) is 4.46. The molecule has 1 aliphatic heterocycles. The number of hydrogen-bond acceptors (Lipinski definition) is 6. The number of aliphatic hydroxyl groups is 1. The molecule has 2 heterocycles. The molecule has 1 aliphatic rings. The highest BCUT2D eigenvalue weighted by molar-refractivity contribution is 7.91. The van der Waals surface area contributed by atoms with Crippen LogP contribution in [0.4, 0.5) is 5.13 Å². The highest BCUT2D eigenvalue weighted by Gasteiger charge is 2.34. The minimum Gasteiger partial charge on any atom is -0.396 e. The van der Waals surface area contributed by atoms with Crippen LogP contribution >= 0.6 is 11.3 Å². The van der Waals surface area contributed by atoms with E-state index in [1.165, 1.54) is 4.31 Å². The summed E-state index contributed by atoms with van der Waals surface area (Å²) < 4.78 is 26.5. The molecule has 0 saturated carbocycles. The fourth-order valence-electron chi connectivity index (χ4n) is 2.19. The lowest BCUT2D eigenvalue weighted by Crippen LogP contribution is -2.28. The van der Waals surface area contributed by atoms with Crippen LogP contribution < -0.4 is 5.73 Å². The molecular formula is C10H17N3O3S2. The van der Waals surface area contributed by atoms with Crippen molar-refractivity contribution < 1.29 is 13.5 Å². The van der Waals surface area contributed by atoms with Crippen LogP contribution in [0.15, 0.2) is 4.21 Å². The second kappa shape index (κ2) is 5.12. The lowest BCUT2D eigenvalue weighted by atomic mass is 10.1. The molecule has 0 amide bonds. The zero-order valence-corrected chi connectivity index (χ0v) is 11.8. The molecule has 0 radical (unpaired) electrons. The Morgan fingerprint density at radius 3 is 2.89 bits per heavy atom. The average Bonchev–Trinajstić information content (AvgIpc) is 2.86. The first-order valence-electron chi connectivity index (χ1n) is 5.79. The zero-order valence-electron chi connectivity index (χ0n) is 10.2. The van der Waals surface area contributed by atoms with Gasteiger partial charge in [0.25, 0.3) is 10.0 Å². The normalized spacial score (nSPS) is 21.6. The molecule has 0 bridgehead atoms. The van der Waals surface area contributed by atoms with Gasteiger partial charge in [0.2, 0.25) is 0 Å². The summed E-state index contributed by atoms with van der Waals surface area (Å²) in [5.41, 5.74) is 6.00. The van der Waals surface area contributed by atoms with Crippen molar-refractivity contribution in [3.05, 3.63) is 5.69 Å². The van der Waals surface area contributed by atoms with Crippen LogP contribution in [0, 0.1) is 12.8 Å². The molecule has 2 rings (SSSR count). The monoisotopic (exact) mass is 291 g/mol. The number of aryl methyl sites for hydroxylation is 1. The number of anilines is 1. The first-order chi connectivity index (χ1) is 8.45. The molecule has 1 fully saturated rings. The van der Waals surface area contributed by atoms with E-state index in [-0.39, 0.29) is 21.9 Å². The summed E-state index contributed by atoms with van der Waals surface area (Å²) in [4.78, 5) is 3.95. The van der Waals surface area contributed by atoms with Crippen LogP contribution in [0.5, 0.6) is 0 Å². The number of aliphatic hydroxyl groups excluding tert-OH is 1. The Bertz CT molecular complexity index is 526. The predicted octanol–water partition coefficient (Wildman–Crippen LogP) is 0.427. The van der Waals surface area contributed by atoms with Crippen molar-refractivity contribution in [2.75, 3.05) is 25.4 Å². The van der Waals surface area contributed by atoms with Gasteiger partial charge >= 0.3 is 0 Å². The smallest absolute Gasteiger partial charge is 0.254 e. The van der Waals surface area contributed by atoms with E-state index >= 15 is 0 Å². The van der Waals surface area contributed by atoms with Gasteiger partial charge in [0.05, 0.1) is 5.69 Å². The Balaban J connectivity index is 2.20. The Morgan fingerprint density at radius 2 is 2.33 bits per heavy atom. The number of nitrogens with zero attached hydrogens (tertiary/aromatic N) is 2. The molecule has 8 heteroatoms. The summed E-state index contributed by atoms with van der Waals surface area (Å²) in [6.45, 7) is 2.73. The zero-order chi connectivity index (χ0) is 13.3. The number of nitrogens with two attached hydrogens (primary N) is 1. The molecular weight excluding hydrogens is 274 g/mol. The van der Waals surface area contributed by atoms with Crippen LogP contribution in [0.1, 0.15) is 18.5 Å². The van der Waals surface area contributed by atoms with Gasteiger partial charge in [0, 0.05) is 19.7 Å². The van der Waals surface area contributed by atoms with E-state index in [2.05, 4.69) is 4.98 Å². The van der Waals surface area contributed by atoms with Gasteiger partial charge in [-0.3, -0.25) is 0 Å². The molecule has 18 heavy (non-hydrogen) atoms. The molecule has 1 unspecified atom stereocenters. The van der Waals surface area contributed by atoms with Crippen LogP contribution in [0.25, 0.3) is 0 Å². The molecule has 0 aromatic carbocycles. The van der Waals surface area contributed by atoms with E-state index in [9.17, 15) is 8.42 Å². The molecule has 102 valence electrons. The lowest BCUT2D eigenvalue weighted by molar-refractivity contribution is 0.260. The molecule has 1 aromatic heterocycles. The van der Waals surface area contributed by atoms with E-state index in [1.54, 1.807) is 6.92 Å². The minimum absolute atomic E-state index is 0.102. The van der Waals surface area contributed by atoms with E-state index in [4.69, 9.17) is 10.8 Å². The van der Waals surface area contributed by atoms with E-state index in [0.717, 1.165) is 17.8 Å². The molecule has 3 N–H and O–H groups in total. The van der Waals surface area contributed by atoms with Crippen LogP contribution in [-0.4, -0.2) is 42.5 Å². The molecule has 0 aliphatic carbocycles. The Labute approximate surface area is 110 Å². The van der Waals surface area contributed by atoms with Crippen molar-refractivity contribution in [3.8, 4) is 0 Å². The predicted molar refractivity (Wildman–Crippen MR) is 69.8 cm³/mol. The number of sulfonamides is 1. The van der Waals surface area contributed by atoms with Gasteiger partial charge in [0.15, 0.2) is 9.34 Å². The number of rotatable bonds is 4. The maximum absolute atomic E-state index is 12.4. The number of hydrogen-bond donors (Lipinski definition) is 2. The summed E-state index contributed by atoms with van der Waals surface area (Å²) in [5.74, 6) is 0.246. The first-order valence-corrected chi connectivity index (χ1v) is 8.04. The van der Waals surface area contributed by atoms with Gasteiger partial charge in [-0.25, -0.2) is 13.4 Å². The van der Waals surface area contributed by atoms with E-state index < -0.39 is 10.0 Å². The summed E-state index contributed by atoms with van der Waals surface area (Å²) >= 11 is 1.01. The highest BCUT2D eigenvalue weighted by atomic mass is 32.2. The molecule has 1 atom stereocenters. The third kappa shape index (κ3) is 2.51. The first kappa shape index (κ1) is 13.7. The lowest BCUT2D eigenvalue weighted by Gasteiger charge is -2.15. The Morgan fingerprint density at radius 1 is 1.61 bits per heavy atom. The fourth-order valence-corrected chi connectivity index (χ4v) is 5.16. The number of aromatic nitrogens is 1. The molecule has 1 aromatic rings. The third-order valence-electron chi connectivity index (χ3n) is 3.13. The van der Waals surface area contributed by atoms with E-state index in [1.807, 2.05) is 0 Å². The summed E-state index contributed by atoms with van der Waals surface area (Å²) in [6.07, 6.45) is 1.45. The largest absolute Gasteiger partial charge is 0.396 e.